The van der Waals surface area contributed by atoms with Crippen molar-refractivity contribution in [3.63, 3.8) is 0 Å². The first-order valence-corrected chi connectivity index (χ1v) is 6.44. The zero-order valence-corrected chi connectivity index (χ0v) is 10.5. The highest BCUT2D eigenvalue weighted by Crippen LogP contribution is 2.19. The van der Waals surface area contributed by atoms with Gasteiger partial charge in [0.05, 0.1) is 11.3 Å². The molecule has 0 spiro atoms. The van der Waals surface area contributed by atoms with Gasteiger partial charge in [-0.2, -0.15) is 0 Å². The molecule has 4 N–H and O–H groups in total. The number of nitrogen functional groups attached to an aromatic ring is 1. The minimum Gasteiger partial charge on any atom is -0.478 e. The van der Waals surface area contributed by atoms with Gasteiger partial charge in [0.1, 0.15) is 0 Å². The van der Waals surface area contributed by atoms with Crippen molar-refractivity contribution < 1.29 is 9.90 Å². The molecule has 0 aliphatic heterocycles. The van der Waals surface area contributed by atoms with Crippen LogP contribution in [0, 0.1) is 0 Å². The van der Waals surface area contributed by atoms with E-state index in [2.05, 4.69) is 11.4 Å². The highest BCUT2D eigenvalue weighted by Gasteiger charge is 2.09. The van der Waals surface area contributed by atoms with E-state index in [1.54, 1.807) is 23.5 Å². The summed E-state index contributed by atoms with van der Waals surface area (Å²) in [5, 5.41) is 14.2. The fourth-order valence-corrected chi connectivity index (χ4v) is 2.38. The van der Waals surface area contributed by atoms with Crippen molar-refractivity contribution in [2.75, 3.05) is 17.6 Å². The number of carboxylic acids is 1. The van der Waals surface area contributed by atoms with Gasteiger partial charge in [0.25, 0.3) is 0 Å². The Morgan fingerprint density at radius 3 is 2.89 bits per heavy atom. The summed E-state index contributed by atoms with van der Waals surface area (Å²) >= 11 is 1.69. The van der Waals surface area contributed by atoms with E-state index in [0.29, 0.717) is 17.9 Å². The molecule has 94 valence electrons. The van der Waals surface area contributed by atoms with Crippen LogP contribution in [-0.4, -0.2) is 17.6 Å². The maximum atomic E-state index is 11.0. The normalized spacial score (nSPS) is 10.2. The number of rotatable bonds is 5. The molecule has 1 aromatic heterocycles. The lowest BCUT2D eigenvalue weighted by molar-refractivity contribution is 0.0698. The fraction of sp³-hybridized carbons (Fsp3) is 0.154. The summed E-state index contributed by atoms with van der Waals surface area (Å²) in [5.41, 5.74) is 7.03. The van der Waals surface area contributed by atoms with Crippen LogP contribution in [0.25, 0.3) is 0 Å². The number of carboxylic acid groups (broad SMARTS) is 1. The van der Waals surface area contributed by atoms with Crippen molar-refractivity contribution in [1.29, 1.82) is 0 Å². The van der Waals surface area contributed by atoms with Gasteiger partial charge in [0.15, 0.2) is 0 Å². The van der Waals surface area contributed by atoms with Crippen molar-refractivity contribution in [3.8, 4) is 0 Å². The van der Waals surface area contributed by atoms with Crippen LogP contribution in [0.5, 0.6) is 0 Å². The first-order valence-electron chi connectivity index (χ1n) is 5.56. The lowest BCUT2D eigenvalue weighted by Gasteiger charge is -2.09. The van der Waals surface area contributed by atoms with Crippen molar-refractivity contribution >= 4 is 28.7 Å². The Kier molecular flexibility index (Phi) is 3.84. The molecule has 0 saturated carbocycles. The Balaban J connectivity index is 2.03. The van der Waals surface area contributed by atoms with Crippen molar-refractivity contribution in [2.45, 2.75) is 6.42 Å². The molecule has 0 amide bonds. The van der Waals surface area contributed by atoms with E-state index in [-0.39, 0.29) is 5.56 Å². The Morgan fingerprint density at radius 2 is 2.22 bits per heavy atom. The summed E-state index contributed by atoms with van der Waals surface area (Å²) in [4.78, 5) is 12.3. The van der Waals surface area contributed by atoms with Gasteiger partial charge in [0.2, 0.25) is 0 Å². The molecule has 0 bridgehead atoms. The Hall–Kier alpha value is -2.01. The van der Waals surface area contributed by atoms with Gasteiger partial charge < -0.3 is 16.2 Å². The average molecular weight is 262 g/mol. The van der Waals surface area contributed by atoms with Crippen LogP contribution in [0.1, 0.15) is 15.2 Å². The summed E-state index contributed by atoms with van der Waals surface area (Å²) < 4.78 is 0. The largest absolute Gasteiger partial charge is 0.478 e. The number of nitrogens with one attached hydrogen (secondary N) is 1. The number of nitrogens with two attached hydrogens (primary N) is 1. The molecular formula is C13H14N2O2S. The maximum Gasteiger partial charge on any atom is 0.337 e. The topological polar surface area (TPSA) is 75.4 Å². The molecule has 1 aromatic carbocycles. The zero-order valence-electron chi connectivity index (χ0n) is 9.72. The summed E-state index contributed by atoms with van der Waals surface area (Å²) in [6.45, 7) is 0.685. The van der Waals surface area contributed by atoms with Crippen LogP contribution in [0.3, 0.4) is 0 Å². The van der Waals surface area contributed by atoms with Gasteiger partial charge in [-0.1, -0.05) is 6.07 Å². The maximum absolute atomic E-state index is 11.0. The predicted octanol–water partition coefficient (Wildman–Crippen LogP) is 2.68. The van der Waals surface area contributed by atoms with Gasteiger partial charge in [0, 0.05) is 17.1 Å². The lowest BCUT2D eigenvalue weighted by atomic mass is 10.1. The smallest absolute Gasteiger partial charge is 0.337 e. The second kappa shape index (κ2) is 5.55. The van der Waals surface area contributed by atoms with Crippen LogP contribution in [0.2, 0.25) is 0 Å². The standard InChI is InChI=1S/C13H14N2O2S/c14-9-3-4-11(13(16)17)12(8-9)15-6-5-10-2-1-7-18-10/h1-4,7-8,15H,5-6,14H2,(H,16,17). The van der Waals surface area contributed by atoms with Crippen LogP contribution in [-0.2, 0) is 6.42 Å². The number of hydrogen-bond acceptors (Lipinski definition) is 4. The van der Waals surface area contributed by atoms with E-state index >= 15 is 0 Å². The first kappa shape index (κ1) is 12.4. The Bertz CT molecular complexity index is 538. The Morgan fingerprint density at radius 1 is 1.39 bits per heavy atom. The van der Waals surface area contributed by atoms with E-state index in [1.807, 2.05) is 11.4 Å². The van der Waals surface area contributed by atoms with E-state index in [4.69, 9.17) is 10.8 Å². The number of aromatic carboxylic acids is 1. The molecule has 4 nitrogen and oxygen atoms in total. The highest BCUT2D eigenvalue weighted by molar-refractivity contribution is 7.09. The summed E-state index contributed by atoms with van der Waals surface area (Å²) in [5.74, 6) is -0.950. The van der Waals surface area contributed by atoms with E-state index < -0.39 is 5.97 Å². The zero-order chi connectivity index (χ0) is 13.0. The number of benzene rings is 1. The fourth-order valence-electron chi connectivity index (χ4n) is 1.67. The van der Waals surface area contributed by atoms with E-state index in [0.717, 1.165) is 6.42 Å². The minimum atomic E-state index is -0.950. The average Bonchev–Trinajstić information content (AvgIpc) is 2.82. The third kappa shape index (κ3) is 3.01. The quantitative estimate of drug-likeness (QED) is 0.724. The van der Waals surface area contributed by atoms with Crippen LogP contribution < -0.4 is 11.1 Å². The molecule has 0 fully saturated rings. The second-order valence-electron chi connectivity index (χ2n) is 3.87. The van der Waals surface area contributed by atoms with Gasteiger partial charge >= 0.3 is 5.97 Å². The molecule has 1 heterocycles. The second-order valence-corrected chi connectivity index (χ2v) is 4.90. The van der Waals surface area contributed by atoms with Crippen LogP contribution in [0.4, 0.5) is 11.4 Å². The van der Waals surface area contributed by atoms with Gasteiger partial charge in [-0.3, -0.25) is 0 Å². The van der Waals surface area contributed by atoms with Crippen LogP contribution >= 0.6 is 11.3 Å². The molecule has 18 heavy (non-hydrogen) atoms. The van der Waals surface area contributed by atoms with E-state index in [9.17, 15) is 4.79 Å². The monoisotopic (exact) mass is 262 g/mol. The number of carbonyl (C=O) groups is 1. The van der Waals surface area contributed by atoms with Crippen LogP contribution in [0.15, 0.2) is 35.7 Å². The molecular weight excluding hydrogens is 248 g/mol. The molecule has 2 rings (SSSR count). The van der Waals surface area contributed by atoms with Crippen molar-refractivity contribution in [3.05, 3.63) is 46.2 Å². The third-order valence-corrected chi connectivity index (χ3v) is 3.48. The number of hydrogen-bond donors (Lipinski definition) is 3. The molecule has 0 aliphatic rings. The van der Waals surface area contributed by atoms with Gasteiger partial charge in [-0.05, 0) is 36.1 Å². The van der Waals surface area contributed by atoms with Gasteiger partial charge in [-0.25, -0.2) is 4.79 Å². The molecule has 5 heteroatoms. The lowest BCUT2D eigenvalue weighted by Crippen LogP contribution is -2.09. The summed E-state index contributed by atoms with van der Waals surface area (Å²) in [7, 11) is 0. The first-order chi connectivity index (χ1) is 8.66. The molecule has 0 radical (unpaired) electrons. The van der Waals surface area contributed by atoms with E-state index in [1.165, 1.54) is 10.9 Å². The number of thiophene rings is 1. The van der Waals surface area contributed by atoms with Gasteiger partial charge in [-0.15, -0.1) is 11.3 Å². The molecule has 2 aromatic rings. The predicted molar refractivity (Wildman–Crippen MR) is 74.3 cm³/mol. The summed E-state index contributed by atoms with van der Waals surface area (Å²) in [6, 6.07) is 8.82. The molecule has 0 atom stereocenters. The van der Waals surface area contributed by atoms with Crippen molar-refractivity contribution in [1.82, 2.24) is 0 Å². The minimum absolute atomic E-state index is 0.246. The molecule has 0 unspecified atom stereocenters. The molecule has 0 aliphatic carbocycles. The summed E-state index contributed by atoms with van der Waals surface area (Å²) in [6.07, 6.45) is 0.867. The van der Waals surface area contributed by atoms with Crippen molar-refractivity contribution in [2.24, 2.45) is 0 Å². The number of anilines is 2. The Labute approximate surface area is 109 Å². The third-order valence-electron chi connectivity index (χ3n) is 2.54. The SMILES string of the molecule is Nc1ccc(C(=O)O)c(NCCc2cccs2)c1. The highest BCUT2D eigenvalue weighted by atomic mass is 32.1. The molecule has 0 saturated heterocycles.